The number of rotatable bonds is 7. The van der Waals surface area contributed by atoms with Crippen LogP contribution in [0.4, 0.5) is 10.8 Å². The van der Waals surface area contributed by atoms with E-state index >= 15 is 0 Å². The lowest BCUT2D eigenvalue weighted by molar-refractivity contribution is -0.113. The first kappa shape index (κ1) is 21.1. The lowest BCUT2D eigenvalue weighted by Crippen LogP contribution is -2.13. The smallest absolute Gasteiger partial charge is 0.234 e. The van der Waals surface area contributed by atoms with Crippen molar-refractivity contribution in [2.75, 3.05) is 16.8 Å². The molecule has 6 nitrogen and oxygen atoms in total. The molecule has 10 heteroatoms. The van der Waals surface area contributed by atoms with Crippen molar-refractivity contribution in [2.24, 2.45) is 0 Å². The maximum absolute atomic E-state index is 12.2. The number of hydrogen-bond acceptors (Lipinski definition) is 9. The Labute approximate surface area is 190 Å². The Morgan fingerprint density at radius 2 is 1.93 bits per heavy atom. The van der Waals surface area contributed by atoms with Crippen LogP contribution >= 0.6 is 46.2 Å². The third kappa shape index (κ3) is 5.31. The van der Waals surface area contributed by atoms with E-state index in [2.05, 4.69) is 47.6 Å². The van der Waals surface area contributed by atoms with Crippen molar-refractivity contribution in [3.05, 3.63) is 53.1 Å². The normalized spacial score (nSPS) is 11.1. The molecular formula is C20H19N5OS4. The summed E-state index contributed by atoms with van der Waals surface area (Å²) >= 11 is 5.98. The molecule has 1 amide bonds. The molecule has 4 aromatic rings. The van der Waals surface area contributed by atoms with Crippen LogP contribution in [0.1, 0.15) is 16.7 Å². The van der Waals surface area contributed by atoms with Crippen molar-refractivity contribution in [3.63, 3.8) is 0 Å². The van der Waals surface area contributed by atoms with Gasteiger partial charge in [0, 0.05) is 11.4 Å². The van der Waals surface area contributed by atoms with Gasteiger partial charge in [0.2, 0.25) is 11.0 Å². The summed E-state index contributed by atoms with van der Waals surface area (Å²) in [4.78, 5) is 16.9. The molecule has 4 rings (SSSR count). The van der Waals surface area contributed by atoms with Crippen molar-refractivity contribution in [2.45, 2.75) is 28.3 Å². The van der Waals surface area contributed by atoms with Crippen molar-refractivity contribution in [3.8, 4) is 0 Å². The van der Waals surface area contributed by atoms with Crippen LogP contribution in [0.2, 0.25) is 0 Å². The van der Waals surface area contributed by atoms with Crippen LogP contribution in [0.15, 0.2) is 45.1 Å². The minimum absolute atomic E-state index is 0.0953. The third-order valence-electron chi connectivity index (χ3n) is 4.25. The van der Waals surface area contributed by atoms with E-state index in [4.69, 9.17) is 10.7 Å². The van der Waals surface area contributed by atoms with Gasteiger partial charge in [-0.1, -0.05) is 58.6 Å². The number of amides is 1. The van der Waals surface area contributed by atoms with E-state index in [1.165, 1.54) is 39.8 Å². The van der Waals surface area contributed by atoms with Crippen molar-refractivity contribution in [1.82, 2.24) is 15.2 Å². The van der Waals surface area contributed by atoms with Crippen molar-refractivity contribution < 1.29 is 4.79 Å². The lowest BCUT2D eigenvalue weighted by Gasteiger charge is -2.05. The Hall–Kier alpha value is -2.14. The van der Waals surface area contributed by atoms with E-state index < -0.39 is 0 Å². The molecular weight excluding hydrogens is 455 g/mol. The van der Waals surface area contributed by atoms with Gasteiger partial charge in [-0.3, -0.25) is 4.79 Å². The van der Waals surface area contributed by atoms with Gasteiger partial charge in [0.25, 0.3) is 0 Å². The summed E-state index contributed by atoms with van der Waals surface area (Å²) in [7, 11) is 0. The zero-order valence-corrected chi connectivity index (χ0v) is 19.6. The number of fused-ring (bicyclic) bond motifs is 1. The number of hydrogen-bond donors (Lipinski definition) is 2. The first-order valence-electron chi connectivity index (χ1n) is 9.07. The number of aromatic nitrogens is 3. The summed E-state index contributed by atoms with van der Waals surface area (Å²) in [6, 6.07) is 12.3. The fourth-order valence-electron chi connectivity index (χ4n) is 2.79. The highest BCUT2D eigenvalue weighted by Gasteiger charge is 2.10. The average Bonchev–Trinajstić information content (AvgIpc) is 3.31. The fourth-order valence-corrected chi connectivity index (χ4v) is 6.41. The summed E-state index contributed by atoms with van der Waals surface area (Å²) < 4.78 is 2.77. The summed E-state index contributed by atoms with van der Waals surface area (Å²) in [5.41, 5.74) is 11.2. The van der Waals surface area contributed by atoms with Gasteiger partial charge < -0.3 is 11.1 Å². The number of carbonyl (C=O) groups is 1. The molecule has 0 aliphatic heterocycles. The molecule has 30 heavy (non-hydrogen) atoms. The van der Waals surface area contributed by atoms with E-state index in [-0.39, 0.29) is 11.7 Å². The van der Waals surface area contributed by atoms with Crippen LogP contribution in [0.3, 0.4) is 0 Å². The monoisotopic (exact) mass is 473 g/mol. The largest absolute Gasteiger partial charge is 0.374 e. The molecule has 0 saturated heterocycles. The zero-order valence-electron chi connectivity index (χ0n) is 16.3. The summed E-state index contributed by atoms with van der Waals surface area (Å²) in [5, 5.41) is 11.0. The van der Waals surface area contributed by atoms with E-state index in [0.29, 0.717) is 9.47 Å². The molecule has 0 unspecified atom stereocenters. The SMILES string of the molecule is Cc1ccc(CSc2nc3ccc(NC(=O)CSc4nnc(N)s4)cc3s2)c(C)c1. The second-order valence-electron chi connectivity index (χ2n) is 6.62. The maximum atomic E-state index is 12.2. The molecule has 3 N–H and O–H groups in total. The van der Waals surface area contributed by atoms with Crippen LogP contribution in [-0.2, 0) is 10.5 Å². The Balaban J connectivity index is 1.37. The Morgan fingerprint density at radius 3 is 2.70 bits per heavy atom. The van der Waals surface area contributed by atoms with Crippen LogP contribution in [0.5, 0.6) is 0 Å². The molecule has 154 valence electrons. The number of nitrogen functional groups attached to an aromatic ring is 1. The predicted molar refractivity (Wildman–Crippen MR) is 129 cm³/mol. The topological polar surface area (TPSA) is 93.8 Å². The van der Waals surface area contributed by atoms with Gasteiger partial charge in [0.15, 0.2) is 8.68 Å². The van der Waals surface area contributed by atoms with Crippen LogP contribution in [0.25, 0.3) is 10.2 Å². The Kier molecular flexibility index (Phi) is 6.57. The van der Waals surface area contributed by atoms with E-state index in [1.54, 1.807) is 23.1 Å². The zero-order chi connectivity index (χ0) is 21.1. The number of aryl methyl sites for hydroxylation is 2. The molecule has 0 spiro atoms. The maximum Gasteiger partial charge on any atom is 0.234 e. The van der Waals surface area contributed by atoms with E-state index in [1.807, 2.05) is 18.2 Å². The minimum atomic E-state index is -0.0953. The molecule has 2 aromatic heterocycles. The molecule has 0 radical (unpaired) electrons. The highest BCUT2D eigenvalue weighted by molar-refractivity contribution is 8.01. The number of anilines is 2. The molecule has 0 bridgehead atoms. The average molecular weight is 474 g/mol. The van der Waals surface area contributed by atoms with E-state index in [9.17, 15) is 4.79 Å². The van der Waals surface area contributed by atoms with Gasteiger partial charge >= 0.3 is 0 Å². The summed E-state index contributed by atoms with van der Waals surface area (Å²) in [5.74, 6) is 1.05. The number of thiazole rings is 1. The number of thioether (sulfide) groups is 2. The third-order valence-corrected chi connectivity index (χ3v) is 8.35. The summed E-state index contributed by atoms with van der Waals surface area (Å²) in [6.07, 6.45) is 0. The first-order chi connectivity index (χ1) is 14.5. The van der Waals surface area contributed by atoms with Gasteiger partial charge in [-0.15, -0.1) is 21.5 Å². The van der Waals surface area contributed by atoms with Gasteiger partial charge in [-0.2, -0.15) is 0 Å². The van der Waals surface area contributed by atoms with Gasteiger partial charge in [-0.05, 0) is 43.2 Å². The van der Waals surface area contributed by atoms with Crippen LogP contribution in [0, 0.1) is 13.8 Å². The van der Waals surface area contributed by atoms with Gasteiger partial charge in [0.1, 0.15) is 0 Å². The lowest BCUT2D eigenvalue weighted by atomic mass is 10.1. The fraction of sp³-hybridized carbons (Fsp3) is 0.200. The predicted octanol–water partition coefficient (Wildman–Crippen LogP) is 5.37. The molecule has 2 heterocycles. The van der Waals surface area contributed by atoms with Gasteiger partial charge in [-0.25, -0.2) is 4.98 Å². The Morgan fingerprint density at radius 1 is 1.07 bits per heavy atom. The molecule has 0 atom stereocenters. The van der Waals surface area contributed by atoms with Crippen molar-refractivity contribution >= 4 is 73.1 Å². The molecule has 0 fully saturated rings. The second kappa shape index (κ2) is 9.34. The number of nitrogens with one attached hydrogen (secondary N) is 1. The number of carbonyl (C=O) groups excluding carboxylic acids is 1. The number of nitrogens with zero attached hydrogens (tertiary/aromatic N) is 3. The molecule has 2 aromatic carbocycles. The molecule has 0 saturated carbocycles. The molecule has 0 aliphatic rings. The summed E-state index contributed by atoms with van der Waals surface area (Å²) in [6.45, 7) is 4.26. The quantitative estimate of drug-likeness (QED) is 0.348. The van der Waals surface area contributed by atoms with Gasteiger partial charge in [0.05, 0.1) is 16.0 Å². The molecule has 0 aliphatic carbocycles. The van der Waals surface area contributed by atoms with E-state index in [0.717, 1.165) is 26.0 Å². The standard InChI is InChI=1S/C20H19N5OS4/c1-11-3-4-13(12(2)7-11)9-27-19-23-15-6-5-14(8-16(15)29-19)22-17(26)10-28-20-25-24-18(21)30-20/h3-8H,9-10H2,1-2H3,(H2,21,24)(H,22,26). The van der Waals surface area contributed by atoms with Crippen molar-refractivity contribution in [1.29, 1.82) is 0 Å². The highest BCUT2D eigenvalue weighted by atomic mass is 32.2. The van der Waals surface area contributed by atoms with Crippen LogP contribution < -0.4 is 11.1 Å². The minimum Gasteiger partial charge on any atom is -0.374 e. The highest BCUT2D eigenvalue weighted by Crippen LogP contribution is 2.33. The number of nitrogens with two attached hydrogens (primary N) is 1. The first-order valence-corrected chi connectivity index (χ1v) is 12.7. The Bertz CT molecular complexity index is 1200. The van der Waals surface area contributed by atoms with Crippen LogP contribution in [-0.4, -0.2) is 26.8 Å². The number of benzene rings is 2. The second-order valence-corrected chi connectivity index (χ2v) is 11.1.